The van der Waals surface area contributed by atoms with Crippen molar-refractivity contribution in [1.29, 1.82) is 5.26 Å². The number of benzene rings is 4. The summed E-state index contributed by atoms with van der Waals surface area (Å²) in [6, 6.07) is 24.8. The van der Waals surface area contributed by atoms with Crippen LogP contribution in [0.1, 0.15) is 27.8 Å². The van der Waals surface area contributed by atoms with Crippen LogP contribution in [0.4, 0.5) is 0 Å². The normalized spacial score (nSPS) is 12.1. The van der Waals surface area contributed by atoms with E-state index in [1.807, 2.05) is 42.5 Å². The Bertz CT molecular complexity index is 1520. The minimum Gasteiger partial charge on any atom is -0.488 e. The smallest absolute Gasteiger partial charge is 0.161 e. The lowest BCUT2D eigenvalue weighted by Crippen LogP contribution is -2.15. The number of hydrogen-bond acceptors (Lipinski definition) is 7. The largest absolute Gasteiger partial charge is 0.488 e. The van der Waals surface area contributed by atoms with Crippen LogP contribution in [-0.4, -0.2) is 18.4 Å². The molecule has 0 saturated carbocycles. The van der Waals surface area contributed by atoms with Crippen molar-refractivity contribution >= 4 is 11.6 Å². The molecule has 0 radical (unpaired) electrons. The van der Waals surface area contributed by atoms with Gasteiger partial charge in [-0.2, -0.15) is 5.26 Å². The molecule has 0 unspecified atom stereocenters. The Balaban J connectivity index is 1.34. The van der Waals surface area contributed by atoms with E-state index in [0.29, 0.717) is 47.5 Å². The Morgan fingerprint density at radius 1 is 0.897 bits per heavy atom. The summed E-state index contributed by atoms with van der Waals surface area (Å²) < 4.78 is 23.6. The van der Waals surface area contributed by atoms with Gasteiger partial charge in [0.1, 0.15) is 37.9 Å². The summed E-state index contributed by atoms with van der Waals surface area (Å²) in [7, 11) is 0. The highest BCUT2D eigenvalue weighted by molar-refractivity contribution is 6.32. The van der Waals surface area contributed by atoms with Crippen molar-refractivity contribution in [3.8, 4) is 40.2 Å². The summed E-state index contributed by atoms with van der Waals surface area (Å²) in [6.07, 6.45) is 0. The third kappa shape index (κ3) is 6.10. The summed E-state index contributed by atoms with van der Waals surface area (Å²) in [5.41, 5.74) is 8.54. The molecule has 39 heavy (non-hydrogen) atoms. The topological polar surface area (TPSA) is 93.0 Å². The van der Waals surface area contributed by atoms with Gasteiger partial charge in [-0.05, 0) is 65.1 Å². The molecule has 0 spiro atoms. The SMILES string of the molecule is Cc1c(COc2cc(OCc3ccc(C#N)cc3)c(CNO)cc2Cl)cccc1-c1ccc2c(c1)OCCO2. The van der Waals surface area contributed by atoms with Gasteiger partial charge in [0.05, 0.1) is 16.7 Å². The predicted octanol–water partition coefficient (Wildman–Crippen LogP) is 6.60. The Hall–Kier alpha value is -4.22. The molecule has 0 saturated heterocycles. The van der Waals surface area contributed by atoms with Gasteiger partial charge in [0.2, 0.25) is 0 Å². The van der Waals surface area contributed by atoms with Crippen molar-refractivity contribution < 1.29 is 24.2 Å². The standard InChI is InChI=1S/C31H27ClN2O5/c1-20-24(3-2-4-26(20)23-9-10-28-31(14-23)37-12-11-36-28)19-39-30-15-29(25(17-34-35)13-27(30)32)38-18-22-7-5-21(16-33)6-8-22/h2-10,13-15,34-35H,11-12,17-19H2,1H3. The van der Waals surface area contributed by atoms with Crippen molar-refractivity contribution in [3.63, 3.8) is 0 Å². The van der Waals surface area contributed by atoms with Gasteiger partial charge in [-0.25, -0.2) is 5.48 Å². The number of nitriles is 1. The number of fused-ring (bicyclic) bond motifs is 1. The molecule has 0 amide bonds. The first kappa shape index (κ1) is 26.4. The number of hydroxylamine groups is 1. The van der Waals surface area contributed by atoms with Crippen LogP contribution in [0.15, 0.2) is 72.8 Å². The fourth-order valence-corrected chi connectivity index (χ4v) is 4.64. The van der Waals surface area contributed by atoms with Gasteiger partial charge in [-0.3, -0.25) is 0 Å². The molecule has 0 aromatic heterocycles. The number of nitrogens with one attached hydrogen (secondary N) is 1. The van der Waals surface area contributed by atoms with Gasteiger partial charge in [0.15, 0.2) is 11.5 Å². The molecule has 8 heteroatoms. The highest BCUT2D eigenvalue weighted by Crippen LogP contribution is 2.37. The van der Waals surface area contributed by atoms with E-state index in [1.54, 1.807) is 24.3 Å². The van der Waals surface area contributed by atoms with Crippen molar-refractivity contribution in [2.45, 2.75) is 26.7 Å². The van der Waals surface area contributed by atoms with Crippen LogP contribution in [-0.2, 0) is 19.8 Å². The molecule has 1 aliphatic rings. The van der Waals surface area contributed by atoms with Crippen molar-refractivity contribution in [2.75, 3.05) is 13.2 Å². The Morgan fingerprint density at radius 2 is 1.67 bits per heavy atom. The number of nitrogens with zero attached hydrogens (tertiary/aromatic N) is 1. The highest BCUT2D eigenvalue weighted by atomic mass is 35.5. The minimum atomic E-state index is 0.152. The Kier molecular flexibility index (Phi) is 8.18. The molecule has 7 nitrogen and oxygen atoms in total. The van der Waals surface area contributed by atoms with Crippen LogP contribution < -0.4 is 24.4 Å². The average molecular weight is 543 g/mol. The molecule has 2 N–H and O–H groups in total. The zero-order valence-corrected chi connectivity index (χ0v) is 22.1. The van der Waals surface area contributed by atoms with Gasteiger partial charge >= 0.3 is 0 Å². The van der Waals surface area contributed by atoms with Gasteiger partial charge < -0.3 is 24.2 Å². The number of hydrogen-bond donors (Lipinski definition) is 2. The monoisotopic (exact) mass is 542 g/mol. The summed E-state index contributed by atoms with van der Waals surface area (Å²) in [4.78, 5) is 0. The molecule has 198 valence electrons. The van der Waals surface area contributed by atoms with Crippen molar-refractivity contribution in [1.82, 2.24) is 5.48 Å². The van der Waals surface area contributed by atoms with Crippen LogP contribution in [0, 0.1) is 18.3 Å². The van der Waals surface area contributed by atoms with E-state index in [-0.39, 0.29) is 13.2 Å². The Morgan fingerprint density at radius 3 is 2.44 bits per heavy atom. The van der Waals surface area contributed by atoms with E-state index in [9.17, 15) is 5.21 Å². The number of rotatable bonds is 9. The van der Waals surface area contributed by atoms with E-state index < -0.39 is 0 Å². The predicted molar refractivity (Wildman–Crippen MR) is 148 cm³/mol. The van der Waals surface area contributed by atoms with Gasteiger partial charge in [-0.15, -0.1) is 0 Å². The second-order valence-corrected chi connectivity index (χ2v) is 9.47. The quantitative estimate of drug-likeness (QED) is 0.230. The first-order chi connectivity index (χ1) is 19.1. The van der Waals surface area contributed by atoms with Gasteiger partial charge in [0, 0.05) is 18.2 Å². The third-order valence-electron chi connectivity index (χ3n) is 6.54. The molecule has 4 aromatic rings. The number of ether oxygens (including phenoxy) is 4. The van der Waals surface area contributed by atoms with Crippen LogP contribution in [0.2, 0.25) is 5.02 Å². The van der Waals surface area contributed by atoms with Crippen LogP contribution >= 0.6 is 11.6 Å². The molecular weight excluding hydrogens is 516 g/mol. The fraction of sp³-hybridized carbons (Fsp3) is 0.194. The molecular formula is C31H27ClN2O5. The molecule has 0 aliphatic carbocycles. The van der Waals surface area contributed by atoms with Crippen LogP contribution in [0.25, 0.3) is 11.1 Å². The minimum absolute atomic E-state index is 0.152. The van der Waals surface area contributed by atoms with E-state index >= 15 is 0 Å². The maximum absolute atomic E-state index is 9.29. The maximum Gasteiger partial charge on any atom is 0.161 e. The molecule has 5 rings (SSSR count). The lowest BCUT2D eigenvalue weighted by atomic mass is 9.96. The zero-order valence-electron chi connectivity index (χ0n) is 21.4. The zero-order chi connectivity index (χ0) is 27.2. The highest BCUT2D eigenvalue weighted by Gasteiger charge is 2.16. The molecule has 0 fully saturated rings. The van der Waals surface area contributed by atoms with Crippen molar-refractivity contribution in [3.05, 3.63) is 106 Å². The molecule has 0 bridgehead atoms. The average Bonchev–Trinajstić information content (AvgIpc) is 2.97. The lowest BCUT2D eigenvalue weighted by molar-refractivity contribution is 0.159. The van der Waals surface area contributed by atoms with Crippen LogP contribution in [0.5, 0.6) is 23.0 Å². The first-order valence-corrected chi connectivity index (χ1v) is 12.9. The molecule has 0 atom stereocenters. The summed E-state index contributed by atoms with van der Waals surface area (Å²) >= 11 is 6.54. The summed E-state index contributed by atoms with van der Waals surface area (Å²) in [5.74, 6) is 2.51. The van der Waals surface area contributed by atoms with Gasteiger partial charge in [0.25, 0.3) is 0 Å². The van der Waals surface area contributed by atoms with E-state index in [0.717, 1.165) is 39.3 Å². The summed E-state index contributed by atoms with van der Waals surface area (Å²) in [6.45, 7) is 3.89. The molecule has 4 aromatic carbocycles. The third-order valence-corrected chi connectivity index (χ3v) is 6.84. The van der Waals surface area contributed by atoms with E-state index in [1.165, 1.54) is 0 Å². The molecule has 1 heterocycles. The second kappa shape index (κ2) is 12.1. The second-order valence-electron chi connectivity index (χ2n) is 9.06. The van der Waals surface area contributed by atoms with Crippen LogP contribution in [0.3, 0.4) is 0 Å². The van der Waals surface area contributed by atoms with E-state index in [4.69, 9.17) is 35.8 Å². The van der Waals surface area contributed by atoms with Crippen molar-refractivity contribution in [2.24, 2.45) is 0 Å². The summed E-state index contributed by atoms with van der Waals surface area (Å²) in [5, 5.41) is 18.7. The van der Waals surface area contributed by atoms with Gasteiger partial charge in [-0.1, -0.05) is 48.0 Å². The first-order valence-electron chi connectivity index (χ1n) is 12.5. The van der Waals surface area contributed by atoms with E-state index in [2.05, 4.69) is 24.5 Å². The lowest BCUT2D eigenvalue weighted by Gasteiger charge is -2.20. The number of halogens is 1. The maximum atomic E-state index is 9.29. The fourth-order valence-electron chi connectivity index (χ4n) is 4.40. The molecule has 1 aliphatic heterocycles. The Labute approximate surface area is 232 Å².